The van der Waals surface area contributed by atoms with Crippen molar-refractivity contribution in [3.63, 3.8) is 0 Å². The van der Waals surface area contributed by atoms with Crippen LogP contribution in [0.1, 0.15) is 11.1 Å². The van der Waals surface area contributed by atoms with Crippen molar-refractivity contribution in [3.8, 4) is 0 Å². The summed E-state index contributed by atoms with van der Waals surface area (Å²) in [4.78, 5) is 4.53. The normalized spacial score (nSPS) is 14.7. The maximum absolute atomic E-state index is 13.2. The van der Waals surface area contributed by atoms with Crippen LogP contribution in [0.3, 0.4) is 0 Å². The number of ether oxygens (including phenoxy) is 1. The van der Waals surface area contributed by atoms with Gasteiger partial charge in [0.15, 0.2) is 5.11 Å². The molecule has 4 nitrogen and oxygen atoms in total. The number of nitrogens with one attached hydrogen (secondary N) is 1. The monoisotopic (exact) mass is 387 g/mol. The number of halogens is 1. The van der Waals surface area contributed by atoms with Crippen LogP contribution in [0, 0.1) is 12.7 Å². The van der Waals surface area contributed by atoms with Gasteiger partial charge in [-0.05, 0) is 48.5 Å². The number of benzene rings is 2. The van der Waals surface area contributed by atoms with Crippen molar-refractivity contribution in [3.05, 3.63) is 65.5 Å². The van der Waals surface area contributed by atoms with E-state index in [1.807, 2.05) is 30.3 Å². The molecule has 1 aliphatic heterocycles. The molecule has 1 heterocycles. The lowest BCUT2D eigenvalue weighted by Gasteiger charge is -2.31. The molecule has 1 N–H and O–H groups in total. The van der Waals surface area contributed by atoms with Crippen LogP contribution in [0.5, 0.6) is 0 Å². The highest BCUT2D eigenvalue weighted by molar-refractivity contribution is 7.80. The maximum atomic E-state index is 13.2. The molecule has 0 unspecified atom stereocenters. The molecule has 0 aliphatic carbocycles. The highest BCUT2D eigenvalue weighted by Gasteiger charge is 2.15. The van der Waals surface area contributed by atoms with Crippen LogP contribution in [0.15, 0.2) is 48.5 Å². The predicted molar refractivity (Wildman–Crippen MR) is 111 cm³/mol. The van der Waals surface area contributed by atoms with Gasteiger partial charge in [-0.3, -0.25) is 4.90 Å². The van der Waals surface area contributed by atoms with Gasteiger partial charge in [0, 0.05) is 38.4 Å². The quantitative estimate of drug-likeness (QED) is 0.764. The summed E-state index contributed by atoms with van der Waals surface area (Å²) in [5.74, 6) is -0.223. The van der Waals surface area contributed by atoms with E-state index >= 15 is 0 Å². The Morgan fingerprint density at radius 2 is 1.85 bits per heavy atom. The Hall–Kier alpha value is -2.02. The minimum atomic E-state index is -0.223. The van der Waals surface area contributed by atoms with Gasteiger partial charge in [0.2, 0.25) is 0 Å². The summed E-state index contributed by atoms with van der Waals surface area (Å²) in [6.07, 6.45) is 0. The zero-order valence-corrected chi connectivity index (χ0v) is 16.5. The van der Waals surface area contributed by atoms with Gasteiger partial charge in [0.25, 0.3) is 0 Å². The number of nitrogens with zero attached hydrogens (tertiary/aromatic N) is 2. The third-order valence-electron chi connectivity index (χ3n) is 4.75. The molecule has 0 radical (unpaired) electrons. The first-order chi connectivity index (χ1) is 13.1. The molecule has 3 rings (SSSR count). The topological polar surface area (TPSA) is 27.7 Å². The predicted octanol–water partition coefficient (Wildman–Crippen LogP) is 3.67. The van der Waals surface area contributed by atoms with E-state index in [4.69, 9.17) is 17.0 Å². The van der Waals surface area contributed by atoms with Crippen molar-refractivity contribution in [2.45, 2.75) is 13.5 Å². The Bertz CT molecular complexity index is 747. The molecule has 2 aromatic carbocycles. The Labute approximate surface area is 165 Å². The number of hydrogen-bond donors (Lipinski definition) is 1. The van der Waals surface area contributed by atoms with E-state index in [1.165, 1.54) is 12.1 Å². The van der Waals surface area contributed by atoms with Crippen LogP contribution in [0.4, 0.5) is 10.1 Å². The van der Waals surface area contributed by atoms with E-state index in [9.17, 15) is 4.39 Å². The van der Waals surface area contributed by atoms with Crippen molar-refractivity contribution in [2.24, 2.45) is 0 Å². The number of rotatable bonds is 6. The van der Waals surface area contributed by atoms with Crippen LogP contribution in [-0.2, 0) is 11.3 Å². The number of para-hydroxylation sites is 1. The third-order valence-corrected chi connectivity index (χ3v) is 5.11. The number of anilines is 1. The Morgan fingerprint density at radius 3 is 2.56 bits per heavy atom. The second kappa shape index (κ2) is 9.78. The van der Waals surface area contributed by atoms with Crippen LogP contribution in [0.2, 0.25) is 0 Å². The summed E-state index contributed by atoms with van der Waals surface area (Å²) in [5, 5.41) is 4.05. The molecular formula is C21H26FN3OS. The number of morpholine rings is 1. The maximum Gasteiger partial charge on any atom is 0.173 e. The van der Waals surface area contributed by atoms with Gasteiger partial charge >= 0.3 is 0 Å². The van der Waals surface area contributed by atoms with Crippen molar-refractivity contribution >= 4 is 23.0 Å². The van der Waals surface area contributed by atoms with Gasteiger partial charge in [-0.1, -0.05) is 30.3 Å². The standard InChI is InChI=1S/C21H26FN3OS/c1-17-4-2-3-5-20(17)23-21(27)25(11-10-24-12-14-26-15-13-24)16-18-6-8-19(22)9-7-18/h2-9H,10-16H2,1H3,(H,23,27). The van der Waals surface area contributed by atoms with Gasteiger partial charge in [-0.15, -0.1) is 0 Å². The molecule has 1 saturated heterocycles. The second-order valence-corrected chi connectivity index (χ2v) is 7.13. The molecular weight excluding hydrogens is 361 g/mol. The Kier molecular flexibility index (Phi) is 7.15. The van der Waals surface area contributed by atoms with Gasteiger partial charge in [0.05, 0.1) is 13.2 Å². The number of hydrogen-bond acceptors (Lipinski definition) is 3. The zero-order valence-electron chi connectivity index (χ0n) is 15.7. The molecule has 0 spiro atoms. The van der Waals surface area contributed by atoms with Gasteiger partial charge in [-0.25, -0.2) is 4.39 Å². The highest BCUT2D eigenvalue weighted by Crippen LogP contribution is 2.15. The lowest BCUT2D eigenvalue weighted by atomic mass is 10.2. The van der Waals surface area contributed by atoms with Crippen molar-refractivity contribution < 1.29 is 9.13 Å². The first-order valence-electron chi connectivity index (χ1n) is 9.28. The molecule has 1 aliphatic rings. The molecule has 144 valence electrons. The van der Waals surface area contributed by atoms with E-state index in [-0.39, 0.29) is 5.82 Å². The van der Waals surface area contributed by atoms with Crippen molar-refractivity contribution in [2.75, 3.05) is 44.7 Å². The zero-order chi connectivity index (χ0) is 19.1. The average molecular weight is 388 g/mol. The van der Waals surface area contributed by atoms with E-state index in [1.54, 1.807) is 0 Å². The Balaban J connectivity index is 1.68. The van der Waals surface area contributed by atoms with Crippen LogP contribution in [0.25, 0.3) is 0 Å². The van der Waals surface area contributed by atoms with Crippen LogP contribution < -0.4 is 5.32 Å². The lowest BCUT2D eigenvalue weighted by Crippen LogP contribution is -2.44. The third kappa shape index (κ3) is 5.99. The van der Waals surface area contributed by atoms with Crippen LogP contribution in [-0.4, -0.2) is 54.3 Å². The van der Waals surface area contributed by atoms with Gasteiger partial charge in [-0.2, -0.15) is 0 Å². The smallest absolute Gasteiger partial charge is 0.173 e. The summed E-state index contributed by atoms with van der Waals surface area (Å²) in [6, 6.07) is 14.7. The molecule has 0 saturated carbocycles. The molecule has 2 aromatic rings. The van der Waals surface area contributed by atoms with Crippen LogP contribution >= 0.6 is 12.2 Å². The SMILES string of the molecule is Cc1ccccc1NC(=S)N(CCN1CCOCC1)Cc1ccc(F)cc1. The molecule has 0 amide bonds. The summed E-state index contributed by atoms with van der Waals surface area (Å²) >= 11 is 5.71. The molecule has 0 atom stereocenters. The van der Waals surface area contributed by atoms with Crippen molar-refractivity contribution in [1.82, 2.24) is 9.80 Å². The van der Waals surface area contributed by atoms with Crippen molar-refractivity contribution in [1.29, 1.82) is 0 Å². The van der Waals surface area contributed by atoms with Gasteiger partial charge in [0.1, 0.15) is 5.82 Å². The van der Waals surface area contributed by atoms with E-state index < -0.39 is 0 Å². The first-order valence-corrected chi connectivity index (χ1v) is 9.69. The summed E-state index contributed by atoms with van der Waals surface area (Å²) in [7, 11) is 0. The first kappa shape index (κ1) is 19.7. The fraction of sp³-hybridized carbons (Fsp3) is 0.381. The molecule has 0 bridgehead atoms. The minimum absolute atomic E-state index is 0.223. The molecule has 27 heavy (non-hydrogen) atoms. The average Bonchev–Trinajstić information content (AvgIpc) is 2.69. The fourth-order valence-corrected chi connectivity index (χ4v) is 3.32. The fourth-order valence-electron chi connectivity index (χ4n) is 3.06. The summed E-state index contributed by atoms with van der Waals surface area (Å²) in [5.41, 5.74) is 3.19. The van der Waals surface area contributed by atoms with Gasteiger partial charge < -0.3 is 15.0 Å². The van der Waals surface area contributed by atoms with E-state index in [0.717, 1.165) is 56.2 Å². The second-order valence-electron chi connectivity index (χ2n) is 6.75. The minimum Gasteiger partial charge on any atom is -0.379 e. The largest absolute Gasteiger partial charge is 0.379 e. The molecule has 6 heteroatoms. The van der Waals surface area contributed by atoms with E-state index in [2.05, 4.69) is 28.1 Å². The lowest BCUT2D eigenvalue weighted by molar-refractivity contribution is 0.0358. The summed E-state index contributed by atoms with van der Waals surface area (Å²) in [6.45, 7) is 7.87. The molecule has 0 aromatic heterocycles. The Morgan fingerprint density at radius 1 is 1.15 bits per heavy atom. The van der Waals surface area contributed by atoms with E-state index in [0.29, 0.717) is 11.7 Å². The molecule has 1 fully saturated rings. The number of thiocarbonyl (C=S) groups is 1. The highest BCUT2D eigenvalue weighted by atomic mass is 32.1. The number of aryl methyl sites for hydroxylation is 1. The summed E-state index contributed by atoms with van der Waals surface area (Å²) < 4.78 is 18.7.